The van der Waals surface area contributed by atoms with Crippen molar-refractivity contribution in [2.24, 2.45) is 0 Å². The fourth-order valence-electron chi connectivity index (χ4n) is 2.58. The van der Waals surface area contributed by atoms with Crippen LogP contribution in [0, 0.1) is 0 Å². The molecule has 0 saturated heterocycles. The molecular formula is C14H18N2Si. The van der Waals surface area contributed by atoms with Crippen molar-refractivity contribution < 1.29 is 0 Å². The first-order valence-electron chi connectivity index (χ1n) is 6.14. The van der Waals surface area contributed by atoms with Crippen LogP contribution in [-0.4, -0.2) is 18.0 Å². The average molecular weight is 242 g/mol. The van der Waals surface area contributed by atoms with Crippen molar-refractivity contribution in [3.8, 4) is 0 Å². The van der Waals surface area contributed by atoms with Crippen LogP contribution >= 0.6 is 0 Å². The van der Waals surface area contributed by atoms with Crippen molar-refractivity contribution in [2.45, 2.75) is 25.9 Å². The van der Waals surface area contributed by atoms with Crippen LogP contribution in [0.25, 0.3) is 0 Å². The maximum atomic E-state index is 4.13. The van der Waals surface area contributed by atoms with Crippen LogP contribution in [0.4, 0.5) is 0 Å². The molecule has 2 aromatic rings. The molecule has 0 atom stereocenters. The zero-order valence-electron chi connectivity index (χ0n) is 10.4. The molecule has 0 unspecified atom stereocenters. The molecule has 0 N–H and O–H groups in total. The molecule has 0 fully saturated rings. The zero-order chi connectivity index (χ0) is 12.1. The topological polar surface area (TPSA) is 25.8 Å². The van der Waals surface area contributed by atoms with E-state index in [4.69, 9.17) is 0 Å². The summed E-state index contributed by atoms with van der Waals surface area (Å²) in [5.41, 5.74) is 0. The second-order valence-corrected chi connectivity index (χ2v) is 8.99. The minimum Gasteiger partial charge on any atom is -0.265 e. The molecule has 0 saturated carbocycles. The van der Waals surface area contributed by atoms with Gasteiger partial charge in [0.1, 0.15) is 8.07 Å². The van der Waals surface area contributed by atoms with E-state index in [1.165, 1.54) is 22.5 Å². The fourth-order valence-corrected chi connectivity index (χ4v) is 6.62. The Hall–Kier alpha value is -1.48. The lowest BCUT2D eigenvalue weighted by Gasteiger charge is -2.30. The van der Waals surface area contributed by atoms with Gasteiger partial charge in [-0.2, -0.15) is 0 Å². The third-order valence-corrected chi connectivity index (χ3v) is 8.96. The van der Waals surface area contributed by atoms with E-state index >= 15 is 0 Å². The molecule has 17 heavy (non-hydrogen) atoms. The normalized spacial score (nSPS) is 11.4. The molecule has 3 heteroatoms. The molecule has 0 bridgehead atoms. The standard InChI is InChI=1S/C14H18N2Si/c1-3-17(4-2,13-5-9-15-10-6-13)14-7-11-16-12-8-14/h5-12H,3-4H2,1-2H3. The van der Waals surface area contributed by atoms with E-state index in [1.807, 2.05) is 24.8 Å². The lowest BCUT2D eigenvalue weighted by Crippen LogP contribution is -2.57. The van der Waals surface area contributed by atoms with E-state index in [2.05, 4.69) is 48.1 Å². The Morgan fingerprint density at radius 1 is 0.765 bits per heavy atom. The summed E-state index contributed by atoms with van der Waals surface area (Å²) in [4.78, 5) is 8.26. The van der Waals surface area contributed by atoms with Crippen molar-refractivity contribution in [3.63, 3.8) is 0 Å². The fraction of sp³-hybridized carbons (Fsp3) is 0.286. The summed E-state index contributed by atoms with van der Waals surface area (Å²) in [6, 6.07) is 11.2. The van der Waals surface area contributed by atoms with Gasteiger partial charge in [-0.3, -0.25) is 9.97 Å². The van der Waals surface area contributed by atoms with Crippen LogP contribution in [0.3, 0.4) is 0 Å². The minimum atomic E-state index is -1.58. The molecule has 2 rings (SSSR count). The molecule has 2 heterocycles. The Kier molecular flexibility index (Phi) is 3.69. The summed E-state index contributed by atoms with van der Waals surface area (Å²) in [6.07, 6.45) is 7.63. The highest BCUT2D eigenvalue weighted by Crippen LogP contribution is 2.15. The van der Waals surface area contributed by atoms with Crippen LogP contribution in [0.5, 0.6) is 0 Å². The lowest BCUT2D eigenvalue weighted by atomic mass is 10.5. The van der Waals surface area contributed by atoms with E-state index in [1.54, 1.807) is 0 Å². The summed E-state index contributed by atoms with van der Waals surface area (Å²) in [6.45, 7) is 4.60. The monoisotopic (exact) mass is 242 g/mol. The molecule has 2 nitrogen and oxygen atoms in total. The van der Waals surface area contributed by atoms with Crippen LogP contribution in [0.1, 0.15) is 13.8 Å². The first-order valence-corrected chi connectivity index (χ1v) is 8.56. The van der Waals surface area contributed by atoms with E-state index in [0.717, 1.165) is 0 Å². The summed E-state index contributed by atoms with van der Waals surface area (Å²) in [5, 5.41) is 2.95. The third-order valence-electron chi connectivity index (χ3n) is 3.67. The average Bonchev–Trinajstić information content (AvgIpc) is 2.43. The lowest BCUT2D eigenvalue weighted by molar-refractivity contribution is 1.26. The van der Waals surface area contributed by atoms with Crippen molar-refractivity contribution in [3.05, 3.63) is 49.1 Å². The maximum absolute atomic E-state index is 4.13. The molecule has 88 valence electrons. The quantitative estimate of drug-likeness (QED) is 0.767. The van der Waals surface area contributed by atoms with Crippen molar-refractivity contribution >= 4 is 18.4 Å². The van der Waals surface area contributed by atoms with Gasteiger partial charge in [-0.25, -0.2) is 0 Å². The molecule has 0 radical (unpaired) electrons. The van der Waals surface area contributed by atoms with Crippen LogP contribution in [0.2, 0.25) is 12.1 Å². The number of nitrogens with zero attached hydrogens (tertiary/aromatic N) is 2. The molecular weight excluding hydrogens is 224 g/mol. The first-order chi connectivity index (χ1) is 8.33. The molecule has 0 aliphatic carbocycles. The SMILES string of the molecule is CC[Si](CC)(c1ccncc1)c1ccncc1. The summed E-state index contributed by atoms with van der Waals surface area (Å²) in [5.74, 6) is 0. The van der Waals surface area contributed by atoms with Gasteiger partial charge in [0.25, 0.3) is 0 Å². The van der Waals surface area contributed by atoms with Gasteiger partial charge in [0.2, 0.25) is 0 Å². The Labute approximate surface area is 104 Å². The molecule has 0 amide bonds. The smallest absolute Gasteiger partial charge is 0.117 e. The van der Waals surface area contributed by atoms with Gasteiger partial charge in [0, 0.05) is 24.8 Å². The molecule has 0 aromatic carbocycles. The van der Waals surface area contributed by atoms with E-state index < -0.39 is 8.07 Å². The van der Waals surface area contributed by atoms with Crippen molar-refractivity contribution in [1.29, 1.82) is 0 Å². The van der Waals surface area contributed by atoms with Gasteiger partial charge < -0.3 is 0 Å². The summed E-state index contributed by atoms with van der Waals surface area (Å²) in [7, 11) is -1.58. The molecule has 0 aliphatic heterocycles. The van der Waals surface area contributed by atoms with Gasteiger partial charge in [0.05, 0.1) is 0 Å². The van der Waals surface area contributed by atoms with Gasteiger partial charge in [-0.15, -0.1) is 0 Å². The Balaban J connectivity index is 2.54. The summed E-state index contributed by atoms with van der Waals surface area (Å²) < 4.78 is 0. The van der Waals surface area contributed by atoms with Crippen molar-refractivity contribution in [1.82, 2.24) is 9.97 Å². The van der Waals surface area contributed by atoms with Crippen LogP contribution < -0.4 is 10.4 Å². The Morgan fingerprint density at radius 3 is 1.41 bits per heavy atom. The van der Waals surface area contributed by atoms with Crippen LogP contribution in [0.15, 0.2) is 49.1 Å². The number of rotatable bonds is 4. The highest BCUT2D eigenvalue weighted by atomic mass is 28.3. The van der Waals surface area contributed by atoms with Crippen molar-refractivity contribution in [2.75, 3.05) is 0 Å². The summed E-state index contributed by atoms with van der Waals surface area (Å²) >= 11 is 0. The highest BCUT2D eigenvalue weighted by Gasteiger charge is 2.33. The van der Waals surface area contributed by atoms with Gasteiger partial charge in [0.15, 0.2) is 0 Å². The molecule has 0 spiro atoms. The molecule has 2 aromatic heterocycles. The maximum Gasteiger partial charge on any atom is 0.117 e. The van der Waals surface area contributed by atoms with Gasteiger partial charge in [-0.1, -0.05) is 36.3 Å². The largest absolute Gasteiger partial charge is 0.265 e. The number of hydrogen-bond donors (Lipinski definition) is 0. The second kappa shape index (κ2) is 5.23. The zero-order valence-corrected chi connectivity index (χ0v) is 11.4. The van der Waals surface area contributed by atoms with E-state index in [9.17, 15) is 0 Å². The van der Waals surface area contributed by atoms with Gasteiger partial charge in [-0.05, 0) is 24.3 Å². The Bertz CT molecular complexity index is 411. The predicted molar refractivity (Wildman–Crippen MR) is 74.5 cm³/mol. The van der Waals surface area contributed by atoms with Crippen LogP contribution in [-0.2, 0) is 0 Å². The number of pyridine rings is 2. The molecule has 0 aliphatic rings. The van der Waals surface area contributed by atoms with E-state index in [0.29, 0.717) is 0 Å². The third kappa shape index (κ3) is 2.15. The number of hydrogen-bond acceptors (Lipinski definition) is 2. The Morgan fingerprint density at radius 2 is 1.12 bits per heavy atom. The first kappa shape index (κ1) is 12.0. The van der Waals surface area contributed by atoms with Gasteiger partial charge >= 0.3 is 0 Å². The second-order valence-electron chi connectivity index (χ2n) is 4.26. The highest BCUT2D eigenvalue weighted by molar-refractivity contribution is 7.02. The number of aromatic nitrogens is 2. The minimum absolute atomic E-state index is 1.22. The predicted octanol–water partition coefficient (Wildman–Crippen LogP) is 2.08. The van der Waals surface area contributed by atoms with E-state index in [-0.39, 0.29) is 0 Å².